The first-order valence-electron chi connectivity index (χ1n) is 8.83. The lowest BCUT2D eigenvalue weighted by Crippen LogP contribution is -2.57. The molecule has 2 atom stereocenters. The van der Waals surface area contributed by atoms with E-state index < -0.39 is 23.5 Å². The summed E-state index contributed by atoms with van der Waals surface area (Å²) in [6.45, 7) is 9.13. The molecule has 24 heavy (non-hydrogen) atoms. The molecule has 6 heteroatoms. The molecule has 3 nitrogen and oxygen atoms in total. The summed E-state index contributed by atoms with van der Waals surface area (Å²) in [7, 11) is 0. The molecule has 0 radical (unpaired) electrons. The summed E-state index contributed by atoms with van der Waals surface area (Å²) in [5.41, 5.74) is 0.746. The normalized spacial score (nSPS) is 33.6. The molecule has 0 aromatic heterocycles. The van der Waals surface area contributed by atoms with Crippen molar-refractivity contribution < 1.29 is 18.0 Å². The third kappa shape index (κ3) is 3.35. The van der Waals surface area contributed by atoms with E-state index in [1.54, 1.807) is 0 Å². The highest BCUT2D eigenvalue weighted by molar-refractivity contribution is 5.82. The van der Waals surface area contributed by atoms with Gasteiger partial charge < -0.3 is 5.32 Å². The van der Waals surface area contributed by atoms with Crippen molar-refractivity contribution >= 4 is 5.91 Å². The summed E-state index contributed by atoms with van der Waals surface area (Å²) >= 11 is 0. The highest BCUT2D eigenvalue weighted by atomic mass is 19.4. The number of amides is 1. The molecule has 1 N–H and O–H groups in total. The molecule has 1 amide bonds. The van der Waals surface area contributed by atoms with Crippen LogP contribution in [0.5, 0.6) is 0 Å². The van der Waals surface area contributed by atoms with Gasteiger partial charge in [-0.2, -0.15) is 13.2 Å². The molecular weight excluding hydrogens is 317 g/mol. The first-order valence-corrected chi connectivity index (χ1v) is 8.83. The fourth-order valence-electron chi connectivity index (χ4n) is 4.67. The van der Waals surface area contributed by atoms with E-state index in [1.165, 1.54) is 18.4 Å². The van der Waals surface area contributed by atoms with Crippen LogP contribution >= 0.6 is 0 Å². The van der Waals surface area contributed by atoms with Crippen LogP contribution < -0.4 is 5.32 Å². The summed E-state index contributed by atoms with van der Waals surface area (Å²) in [4.78, 5) is 13.9. The number of nitrogens with one attached hydrogen (secondary N) is 1. The maximum atomic E-state index is 12.6. The molecule has 136 valence electrons. The van der Waals surface area contributed by atoms with Crippen molar-refractivity contribution in [1.82, 2.24) is 10.2 Å². The molecule has 3 aliphatic rings. The maximum Gasteiger partial charge on any atom is 0.471 e. The fourth-order valence-corrected chi connectivity index (χ4v) is 4.67. The van der Waals surface area contributed by atoms with Gasteiger partial charge in [0.2, 0.25) is 0 Å². The Morgan fingerprint density at radius 3 is 2.54 bits per heavy atom. The predicted octanol–water partition coefficient (Wildman–Crippen LogP) is 3.51. The number of carbonyl (C=O) groups excluding carboxylic acids is 1. The van der Waals surface area contributed by atoms with Gasteiger partial charge >= 0.3 is 12.1 Å². The van der Waals surface area contributed by atoms with E-state index in [9.17, 15) is 18.0 Å². The van der Waals surface area contributed by atoms with Crippen molar-refractivity contribution in [3.63, 3.8) is 0 Å². The zero-order valence-electron chi connectivity index (χ0n) is 14.7. The second-order valence-corrected chi connectivity index (χ2v) is 8.60. The summed E-state index contributed by atoms with van der Waals surface area (Å²) in [6.07, 6.45) is 1.42. The number of rotatable bonds is 3. The quantitative estimate of drug-likeness (QED) is 0.795. The SMILES string of the molecule is CC1(C)C2=CCN(CC3CC3)C[C@@]2(C)CC[C@@H]1NC(=O)C(F)(F)F. The number of halogens is 3. The Morgan fingerprint density at radius 1 is 1.29 bits per heavy atom. The van der Waals surface area contributed by atoms with E-state index >= 15 is 0 Å². The van der Waals surface area contributed by atoms with Crippen LogP contribution in [0.4, 0.5) is 13.2 Å². The van der Waals surface area contributed by atoms with Gasteiger partial charge in [-0.3, -0.25) is 9.69 Å². The highest BCUT2D eigenvalue weighted by Gasteiger charge is 2.51. The Balaban J connectivity index is 1.76. The summed E-state index contributed by atoms with van der Waals surface area (Å²) < 4.78 is 37.8. The molecule has 1 heterocycles. The van der Waals surface area contributed by atoms with Crippen molar-refractivity contribution in [3.05, 3.63) is 11.6 Å². The van der Waals surface area contributed by atoms with E-state index in [1.807, 2.05) is 13.8 Å². The topological polar surface area (TPSA) is 32.3 Å². The Hall–Kier alpha value is -1.04. The van der Waals surface area contributed by atoms with Gasteiger partial charge in [0.25, 0.3) is 0 Å². The van der Waals surface area contributed by atoms with Gasteiger partial charge in [-0.25, -0.2) is 0 Å². The molecular formula is C18H27F3N2O. The van der Waals surface area contributed by atoms with Crippen molar-refractivity contribution in [2.45, 2.75) is 58.7 Å². The molecule has 0 unspecified atom stereocenters. The number of hydrogen-bond acceptors (Lipinski definition) is 2. The van der Waals surface area contributed by atoms with Crippen molar-refractivity contribution in [3.8, 4) is 0 Å². The predicted molar refractivity (Wildman–Crippen MR) is 86.4 cm³/mol. The molecule has 1 aliphatic heterocycles. The average Bonchev–Trinajstić information content (AvgIpc) is 3.24. The van der Waals surface area contributed by atoms with Gasteiger partial charge in [-0.1, -0.05) is 32.4 Å². The van der Waals surface area contributed by atoms with E-state index in [4.69, 9.17) is 0 Å². The van der Waals surface area contributed by atoms with Crippen LogP contribution in [0.2, 0.25) is 0 Å². The molecule has 0 aromatic rings. The number of carbonyl (C=O) groups is 1. The third-order valence-corrected chi connectivity index (χ3v) is 6.10. The lowest BCUT2D eigenvalue weighted by atomic mass is 9.57. The molecule has 0 bridgehead atoms. The van der Waals surface area contributed by atoms with E-state index in [2.05, 4.69) is 23.2 Å². The van der Waals surface area contributed by atoms with Gasteiger partial charge in [0.1, 0.15) is 0 Å². The first kappa shape index (κ1) is 17.8. The number of fused-ring (bicyclic) bond motifs is 1. The first-order chi connectivity index (χ1) is 11.0. The van der Waals surface area contributed by atoms with Crippen LogP contribution in [0.25, 0.3) is 0 Å². The van der Waals surface area contributed by atoms with Gasteiger partial charge in [0.05, 0.1) is 0 Å². The average molecular weight is 344 g/mol. The maximum absolute atomic E-state index is 12.6. The molecule has 2 fully saturated rings. The van der Waals surface area contributed by atoms with Crippen molar-refractivity contribution in [2.24, 2.45) is 16.7 Å². The minimum Gasteiger partial charge on any atom is -0.345 e. The molecule has 3 rings (SSSR count). The Kier molecular flexibility index (Phi) is 4.26. The number of nitrogens with zero attached hydrogens (tertiary/aromatic N) is 1. The Labute approximate surface area is 141 Å². The molecule has 2 aliphatic carbocycles. The zero-order chi connectivity index (χ0) is 17.8. The van der Waals surface area contributed by atoms with Crippen LogP contribution in [0.1, 0.15) is 46.5 Å². The van der Waals surface area contributed by atoms with Gasteiger partial charge in [0, 0.05) is 36.5 Å². The molecule has 0 saturated heterocycles. The highest BCUT2D eigenvalue weighted by Crippen LogP contribution is 2.52. The van der Waals surface area contributed by atoms with Crippen LogP contribution in [0.15, 0.2) is 11.6 Å². The Bertz CT molecular complexity index is 551. The monoisotopic (exact) mass is 344 g/mol. The molecule has 0 spiro atoms. The summed E-state index contributed by atoms with van der Waals surface area (Å²) in [5.74, 6) is -0.991. The summed E-state index contributed by atoms with van der Waals surface area (Å²) in [6, 6.07) is -0.471. The Morgan fingerprint density at radius 2 is 1.96 bits per heavy atom. The molecule has 0 aromatic carbocycles. The van der Waals surface area contributed by atoms with Crippen molar-refractivity contribution in [2.75, 3.05) is 19.6 Å². The standard InChI is InChI=1S/C18H27F3N2O/c1-16(2)13-7-9-23(10-12-4-5-12)11-17(13,3)8-6-14(16)22-15(24)18(19,20)21/h7,12,14H,4-6,8-11H2,1-3H3,(H,22,24)/t14-,17+/m0/s1. The third-order valence-electron chi connectivity index (χ3n) is 6.10. The lowest BCUT2D eigenvalue weighted by molar-refractivity contribution is -0.175. The van der Waals surface area contributed by atoms with Crippen LogP contribution in [-0.2, 0) is 4.79 Å². The van der Waals surface area contributed by atoms with Crippen LogP contribution in [0.3, 0.4) is 0 Å². The van der Waals surface area contributed by atoms with E-state index in [-0.39, 0.29) is 5.41 Å². The van der Waals surface area contributed by atoms with E-state index in [0.29, 0.717) is 6.42 Å². The van der Waals surface area contributed by atoms with Gasteiger partial charge in [-0.15, -0.1) is 0 Å². The smallest absolute Gasteiger partial charge is 0.345 e. The van der Waals surface area contributed by atoms with Gasteiger partial charge in [-0.05, 0) is 31.6 Å². The van der Waals surface area contributed by atoms with Crippen molar-refractivity contribution in [1.29, 1.82) is 0 Å². The van der Waals surface area contributed by atoms with Gasteiger partial charge in [0.15, 0.2) is 0 Å². The summed E-state index contributed by atoms with van der Waals surface area (Å²) in [5, 5.41) is 2.23. The van der Waals surface area contributed by atoms with E-state index in [0.717, 1.165) is 32.0 Å². The second-order valence-electron chi connectivity index (χ2n) is 8.60. The van der Waals surface area contributed by atoms with Crippen LogP contribution in [-0.4, -0.2) is 42.7 Å². The van der Waals surface area contributed by atoms with Crippen LogP contribution in [0, 0.1) is 16.7 Å². The molecule has 2 saturated carbocycles. The minimum absolute atomic E-state index is 0.00387. The number of hydrogen-bond donors (Lipinski definition) is 1. The number of alkyl halides is 3. The largest absolute Gasteiger partial charge is 0.471 e. The zero-order valence-corrected chi connectivity index (χ0v) is 14.7. The fraction of sp³-hybridized carbons (Fsp3) is 0.833. The second kappa shape index (κ2) is 5.75. The lowest BCUT2D eigenvalue weighted by Gasteiger charge is -2.54. The minimum atomic E-state index is -4.82.